The van der Waals surface area contributed by atoms with Crippen LogP contribution in [0.15, 0.2) is 53.3 Å². The van der Waals surface area contributed by atoms with Gasteiger partial charge < -0.3 is 0 Å². The maximum atomic E-state index is 5.91. The predicted molar refractivity (Wildman–Crippen MR) is 88.7 cm³/mol. The fourth-order valence-electron chi connectivity index (χ4n) is 3.38. The van der Waals surface area contributed by atoms with E-state index in [2.05, 4.69) is 62.7 Å². The smallest absolute Gasteiger partial charge is 0.0410 e. The summed E-state index contributed by atoms with van der Waals surface area (Å²) in [5.41, 5.74) is 5.81. The molecule has 2 aromatic rings. The zero-order valence-corrected chi connectivity index (χ0v) is 13.5. The summed E-state index contributed by atoms with van der Waals surface area (Å²) in [6, 6.07) is 13.1. The molecule has 1 heterocycles. The van der Waals surface area contributed by atoms with Gasteiger partial charge in [0.2, 0.25) is 0 Å². The van der Waals surface area contributed by atoms with Crippen LogP contribution in [0.25, 0.3) is 0 Å². The van der Waals surface area contributed by atoms with Crippen LogP contribution < -0.4 is 11.3 Å². The number of halogens is 1. The molecule has 0 aliphatic heterocycles. The lowest BCUT2D eigenvalue weighted by molar-refractivity contribution is 0.168. The molecule has 21 heavy (non-hydrogen) atoms. The van der Waals surface area contributed by atoms with E-state index >= 15 is 0 Å². The minimum atomic E-state index is 0.151. The van der Waals surface area contributed by atoms with Gasteiger partial charge >= 0.3 is 0 Å². The predicted octanol–water partition coefficient (Wildman–Crippen LogP) is 3.34. The van der Waals surface area contributed by atoms with Gasteiger partial charge in [0.15, 0.2) is 0 Å². The van der Waals surface area contributed by atoms with Crippen molar-refractivity contribution in [1.82, 2.24) is 10.4 Å². The van der Waals surface area contributed by atoms with Crippen molar-refractivity contribution in [2.75, 3.05) is 0 Å². The van der Waals surface area contributed by atoms with Crippen LogP contribution in [-0.2, 0) is 11.8 Å². The first-order valence-corrected chi connectivity index (χ1v) is 8.15. The molecule has 3 nitrogen and oxygen atoms in total. The molecule has 1 fully saturated rings. The second-order valence-corrected chi connectivity index (χ2v) is 6.73. The maximum absolute atomic E-state index is 5.91. The van der Waals surface area contributed by atoms with Gasteiger partial charge in [0.1, 0.15) is 0 Å². The molecule has 0 saturated heterocycles. The first-order chi connectivity index (χ1) is 10.2. The van der Waals surface area contributed by atoms with Crippen molar-refractivity contribution in [2.45, 2.75) is 37.1 Å². The molecule has 0 bridgehead atoms. The second-order valence-electron chi connectivity index (χ2n) is 5.81. The van der Waals surface area contributed by atoms with Gasteiger partial charge in [0.05, 0.1) is 0 Å². The summed E-state index contributed by atoms with van der Waals surface area (Å²) >= 11 is 3.49. The van der Waals surface area contributed by atoms with Crippen molar-refractivity contribution in [3.63, 3.8) is 0 Å². The molecule has 1 atom stereocenters. The van der Waals surface area contributed by atoms with Gasteiger partial charge in [0.25, 0.3) is 0 Å². The monoisotopic (exact) mass is 345 g/mol. The molecule has 1 aliphatic carbocycles. The Labute approximate surface area is 134 Å². The van der Waals surface area contributed by atoms with Crippen LogP contribution in [0.5, 0.6) is 0 Å². The van der Waals surface area contributed by atoms with Crippen LogP contribution >= 0.6 is 15.9 Å². The van der Waals surface area contributed by atoms with E-state index in [0.29, 0.717) is 0 Å². The van der Waals surface area contributed by atoms with Crippen molar-refractivity contribution < 1.29 is 0 Å². The van der Waals surface area contributed by atoms with E-state index in [1.807, 2.05) is 12.4 Å². The van der Waals surface area contributed by atoms with Gasteiger partial charge in [-0.25, -0.2) is 0 Å². The fourth-order valence-corrected chi connectivity index (χ4v) is 3.80. The van der Waals surface area contributed by atoms with Crippen molar-refractivity contribution in [3.05, 3.63) is 64.4 Å². The van der Waals surface area contributed by atoms with Gasteiger partial charge in [-0.1, -0.05) is 36.8 Å². The highest BCUT2D eigenvalue weighted by atomic mass is 79.9. The lowest BCUT2D eigenvalue weighted by Crippen LogP contribution is -2.56. The molecule has 0 spiro atoms. The Kier molecular flexibility index (Phi) is 4.38. The average molecular weight is 346 g/mol. The molecular formula is C17H20BrN3. The van der Waals surface area contributed by atoms with Gasteiger partial charge in [-0.05, 0) is 52.4 Å². The lowest BCUT2D eigenvalue weighted by Gasteiger charge is -2.48. The minimum Gasteiger partial charge on any atom is -0.271 e. The molecule has 0 amide bonds. The van der Waals surface area contributed by atoms with E-state index in [1.165, 1.54) is 30.4 Å². The minimum absolute atomic E-state index is 0.151. The molecule has 1 unspecified atom stereocenters. The number of aromatic nitrogens is 1. The van der Waals surface area contributed by atoms with Crippen LogP contribution in [0.1, 0.15) is 30.4 Å². The number of rotatable bonds is 5. The van der Waals surface area contributed by atoms with Crippen LogP contribution in [0.3, 0.4) is 0 Å². The Bertz CT molecular complexity index is 596. The number of nitrogens with zero attached hydrogens (tertiary/aromatic N) is 1. The summed E-state index contributed by atoms with van der Waals surface area (Å²) in [6.07, 6.45) is 8.26. The topological polar surface area (TPSA) is 50.9 Å². The Hall–Kier alpha value is -1.23. The van der Waals surface area contributed by atoms with Crippen molar-refractivity contribution >= 4 is 15.9 Å². The van der Waals surface area contributed by atoms with E-state index in [0.717, 1.165) is 10.9 Å². The average Bonchev–Trinajstić information content (AvgIpc) is 2.46. The molecule has 110 valence electrons. The third kappa shape index (κ3) is 2.89. The zero-order chi connectivity index (χ0) is 14.7. The van der Waals surface area contributed by atoms with Crippen LogP contribution in [-0.4, -0.2) is 11.0 Å². The maximum Gasteiger partial charge on any atom is 0.0410 e. The molecule has 1 aromatic heterocycles. The highest BCUT2D eigenvalue weighted by molar-refractivity contribution is 9.10. The Balaban J connectivity index is 1.87. The highest BCUT2D eigenvalue weighted by Gasteiger charge is 2.44. The molecule has 0 radical (unpaired) electrons. The Morgan fingerprint density at radius 3 is 2.57 bits per heavy atom. The number of hydrogen-bond acceptors (Lipinski definition) is 3. The standard InChI is InChI=1S/C17H20BrN3/c18-15-9-13(11-20-12-15)10-16(21-19)17(7-4-8-17)14-5-2-1-3-6-14/h1-3,5-6,9,11-12,16,21H,4,7-8,10,19H2. The Morgan fingerprint density at radius 2 is 2.00 bits per heavy atom. The molecule has 3 N–H and O–H groups in total. The summed E-state index contributed by atoms with van der Waals surface area (Å²) in [4.78, 5) is 4.25. The first kappa shape index (κ1) is 14.7. The summed E-state index contributed by atoms with van der Waals surface area (Å²) < 4.78 is 1.01. The van der Waals surface area contributed by atoms with Crippen LogP contribution in [0.4, 0.5) is 0 Å². The number of hydrogen-bond donors (Lipinski definition) is 2. The summed E-state index contributed by atoms with van der Waals surface area (Å²) in [6.45, 7) is 0. The van der Waals surface area contributed by atoms with Gasteiger partial charge in [0, 0.05) is 28.3 Å². The SMILES string of the molecule is NNC(Cc1cncc(Br)c1)C1(c2ccccc2)CCC1. The summed E-state index contributed by atoms with van der Waals surface area (Å²) in [5, 5.41) is 0. The lowest BCUT2D eigenvalue weighted by atomic mass is 9.59. The second kappa shape index (κ2) is 6.26. The fraction of sp³-hybridized carbons (Fsp3) is 0.353. The van der Waals surface area contributed by atoms with E-state index in [-0.39, 0.29) is 11.5 Å². The number of nitrogens with one attached hydrogen (secondary N) is 1. The van der Waals surface area contributed by atoms with Crippen LogP contribution in [0.2, 0.25) is 0 Å². The first-order valence-electron chi connectivity index (χ1n) is 7.36. The summed E-state index contributed by atoms with van der Waals surface area (Å²) in [7, 11) is 0. The van der Waals surface area contributed by atoms with Crippen LogP contribution in [0, 0.1) is 0 Å². The third-order valence-corrected chi connectivity index (χ3v) is 5.10. The molecule has 1 aromatic carbocycles. The molecular weight excluding hydrogens is 326 g/mol. The zero-order valence-electron chi connectivity index (χ0n) is 11.9. The number of benzene rings is 1. The van der Waals surface area contributed by atoms with E-state index in [4.69, 9.17) is 5.84 Å². The largest absolute Gasteiger partial charge is 0.271 e. The number of pyridine rings is 1. The van der Waals surface area contributed by atoms with Gasteiger partial charge in [-0.3, -0.25) is 16.3 Å². The van der Waals surface area contributed by atoms with Crippen molar-refractivity contribution in [1.29, 1.82) is 0 Å². The molecule has 1 aliphatic rings. The third-order valence-electron chi connectivity index (χ3n) is 4.66. The van der Waals surface area contributed by atoms with Crippen molar-refractivity contribution in [2.24, 2.45) is 5.84 Å². The molecule has 3 rings (SSSR count). The van der Waals surface area contributed by atoms with Crippen molar-refractivity contribution in [3.8, 4) is 0 Å². The summed E-state index contributed by atoms with van der Waals surface area (Å²) in [5.74, 6) is 5.91. The number of nitrogens with two attached hydrogens (primary N) is 1. The number of hydrazine groups is 1. The van der Waals surface area contributed by atoms with E-state index in [9.17, 15) is 0 Å². The highest BCUT2D eigenvalue weighted by Crippen LogP contribution is 2.47. The van der Waals surface area contributed by atoms with E-state index in [1.54, 1.807) is 0 Å². The molecule has 1 saturated carbocycles. The van der Waals surface area contributed by atoms with Gasteiger partial charge in [-0.2, -0.15) is 0 Å². The molecule has 4 heteroatoms. The quantitative estimate of drug-likeness (QED) is 0.645. The van der Waals surface area contributed by atoms with E-state index < -0.39 is 0 Å². The Morgan fingerprint density at radius 1 is 1.24 bits per heavy atom. The normalized spacial score (nSPS) is 18.0. The van der Waals surface area contributed by atoms with Gasteiger partial charge in [-0.15, -0.1) is 0 Å².